The van der Waals surface area contributed by atoms with E-state index in [1.54, 1.807) is 6.07 Å². The minimum absolute atomic E-state index is 0.0474. The summed E-state index contributed by atoms with van der Waals surface area (Å²) in [6.45, 7) is 2.04. The van der Waals surface area contributed by atoms with E-state index in [1.165, 1.54) is 12.1 Å². The number of halogens is 3. The highest BCUT2D eigenvalue weighted by molar-refractivity contribution is 7.13. The van der Waals surface area contributed by atoms with Crippen LogP contribution in [0.5, 0.6) is 0 Å². The molecule has 33 heavy (non-hydrogen) atoms. The predicted molar refractivity (Wildman–Crippen MR) is 117 cm³/mol. The van der Waals surface area contributed by atoms with Crippen LogP contribution in [0.1, 0.15) is 44.4 Å². The highest BCUT2D eigenvalue weighted by Gasteiger charge is 2.32. The fourth-order valence-corrected chi connectivity index (χ4v) is 4.00. The van der Waals surface area contributed by atoms with Gasteiger partial charge >= 0.3 is 12.1 Å². The Morgan fingerprint density at radius 1 is 1.15 bits per heavy atom. The summed E-state index contributed by atoms with van der Waals surface area (Å²) in [7, 11) is 0. The molecule has 0 aliphatic heterocycles. The van der Waals surface area contributed by atoms with Gasteiger partial charge < -0.3 is 14.9 Å². The number of anilines is 1. The lowest BCUT2D eigenvalue weighted by atomic mass is 10.0. The number of nitrogens with one attached hydrogen (secondary N) is 1. The van der Waals surface area contributed by atoms with Gasteiger partial charge in [0.1, 0.15) is 4.88 Å². The van der Waals surface area contributed by atoms with Crippen molar-refractivity contribution in [2.24, 2.45) is 0 Å². The molecule has 0 radical (unpaired) electrons. The van der Waals surface area contributed by atoms with Crippen molar-refractivity contribution >= 4 is 23.0 Å². The lowest BCUT2D eigenvalue weighted by Gasteiger charge is -2.12. The van der Waals surface area contributed by atoms with Gasteiger partial charge in [0.15, 0.2) is 0 Å². The average Bonchev–Trinajstić information content (AvgIpc) is 3.47. The molecule has 1 atom stereocenters. The number of hydrogen-bond donors (Lipinski definition) is 2. The second-order valence-electron chi connectivity index (χ2n) is 7.31. The van der Waals surface area contributed by atoms with E-state index in [0.29, 0.717) is 10.8 Å². The van der Waals surface area contributed by atoms with E-state index in [1.807, 2.05) is 37.3 Å². The van der Waals surface area contributed by atoms with Crippen LogP contribution in [0.3, 0.4) is 0 Å². The van der Waals surface area contributed by atoms with Crippen LogP contribution in [0.15, 0.2) is 65.2 Å². The molecule has 2 aromatic heterocycles. The third-order valence-corrected chi connectivity index (χ3v) is 6.04. The largest absolute Gasteiger partial charge is 0.477 e. The second kappa shape index (κ2) is 9.07. The molecule has 0 saturated heterocycles. The summed E-state index contributed by atoms with van der Waals surface area (Å²) in [5, 5.41) is 15.8. The molecule has 0 spiro atoms. The number of carboxylic acid groups (broad SMARTS) is 1. The Hall–Kier alpha value is -3.66. The van der Waals surface area contributed by atoms with Gasteiger partial charge in [0.2, 0.25) is 11.7 Å². The molecule has 0 bridgehead atoms. The van der Waals surface area contributed by atoms with Crippen molar-refractivity contribution in [1.82, 2.24) is 10.1 Å². The number of aromatic carboxylic acids is 1. The first kappa shape index (κ1) is 22.5. The van der Waals surface area contributed by atoms with Crippen molar-refractivity contribution in [1.29, 1.82) is 0 Å². The van der Waals surface area contributed by atoms with Gasteiger partial charge in [-0.1, -0.05) is 35.5 Å². The fourth-order valence-electron chi connectivity index (χ4n) is 3.21. The van der Waals surface area contributed by atoms with Crippen LogP contribution in [0, 0.1) is 0 Å². The summed E-state index contributed by atoms with van der Waals surface area (Å²) in [5.74, 6) is -0.933. The molecule has 2 heterocycles. The Bertz CT molecular complexity index is 1270. The quantitative estimate of drug-likeness (QED) is 0.329. The lowest BCUT2D eigenvalue weighted by Crippen LogP contribution is -2.07. The number of nitrogens with zero attached hydrogens (tertiary/aromatic N) is 2. The third-order valence-electron chi connectivity index (χ3n) is 4.97. The van der Waals surface area contributed by atoms with Gasteiger partial charge in [-0.25, -0.2) is 4.79 Å². The van der Waals surface area contributed by atoms with Gasteiger partial charge in [-0.15, -0.1) is 11.3 Å². The predicted octanol–water partition coefficient (Wildman–Crippen LogP) is 6.28. The molecule has 4 aromatic rings. The zero-order valence-electron chi connectivity index (χ0n) is 17.3. The molecule has 0 saturated carbocycles. The monoisotopic (exact) mass is 473 g/mol. The molecule has 2 N–H and O–H groups in total. The topological polar surface area (TPSA) is 88.2 Å². The lowest BCUT2D eigenvalue weighted by molar-refractivity contribution is -0.137. The number of benzene rings is 2. The van der Waals surface area contributed by atoms with Gasteiger partial charge in [-0.2, -0.15) is 18.2 Å². The van der Waals surface area contributed by atoms with Crippen LogP contribution in [-0.4, -0.2) is 21.2 Å². The average molecular weight is 473 g/mol. The Kier molecular flexibility index (Phi) is 6.19. The third kappa shape index (κ3) is 5.23. The number of alkyl halides is 3. The van der Waals surface area contributed by atoms with Crippen molar-refractivity contribution in [3.05, 3.63) is 87.4 Å². The number of rotatable bonds is 7. The number of aromatic nitrogens is 2. The summed E-state index contributed by atoms with van der Waals surface area (Å²) in [5.41, 5.74) is 0.436. The van der Waals surface area contributed by atoms with E-state index < -0.39 is 17.7 Å². The Morgan fingerprint density at radius 2 is 1.91 bits per heavy atom. The van der Waals surface area contributed by atoms with Gasteiger partial charge in [0, 0.05) is 22.7 Å². The summed E-state index contributed by atoms with van der Waals surface area (Å²) in [6, 6.07) is 16.0. The number of carbonyl (C=O) groups is 1. The van der Waals surface area contributed by atoms with E-state index in [4.69, 9.17) is 9.63 Å². The number of hydrogen-bond acceptors (Lipinski definition) is 6. The second-order valence-corrected chi connectivity index (χ2v) is 8.48. The van der Waals surface area contributed by atoms with Gasteiger partial charge in [-0.05, 0) is 42.8 Å². The van der Waals surface area contributed by atoms with Crippen LogP contribution in [-0.2, 0) is 12.7 Å². The van der Waals surface area contributed by atoms with E-state index >= 15 is 0 Å². The van der Waals surface area contributed by atoms with E-state index in [9.17, 15) is 18.0 Å². The molecule has 6 nitrogen and oxygen atoms in total. The van der Waals surface area contributed by atoms with Crippen molar-refractivity contribution in [3.8, 4) is 11.4 Å². The zero-order chi connectivity index (χ0) is 23.6. The smallest absolute Gasteiger partial charge is 0.416 e. The molecule has 0 fully saturated rings. The van der Waals surface area contributed by atoms with Gasteiger partial charge in [0.25, 0.3) is 0 Å². The first-order valence-electron chi connectivity index (χ1n) is 9.88. The van der Waals surface area contributed by atoms with E-state index in [0.717, 1.165) is 29.0 Å². The Balaban J connectivity index is 1.61. The minimum atomic E-state index is -4.57. The molecule has 170 valence electrons. The van der Waals surface area contributed by atoms with Crippen molar-refractivity contribution in [2.75, 3.05) is 5.32 Å². The highest BCUT2D eigenvalue weighted by atomic mass is 32.1. The highest BCUT2D eigenvalue weighted by Crippen LogP contribution is 2.35. The number of thiophene rings is 1. The summed E-state index contributed by atoms with van der Waals surface area (Å²) in [4.78, 5) is 16.2. The minimum Gasteiger partial charge on any atom is -0.477 e. The summed E-state index contributed by atoms with van der Waals surface area (Å²) >= 11 is 1.05. The molecule has 4 rings (SSSR count). The van der Waals surface area contributed by atoms with Crippen LogP contribution in [0.4, 0.5) is 18.9 Å². The van der Waals surface area contributed by atoms with Crippen LogP contribution < -0.4 is 5.32 Å². The van der Waals surface area contributed by atoms with Crippen LogP contribution in [0.2, 0.25) is 0 Å². The normalized spacial score (nSPS) is 12.5. The Labute approximate surface area is 190 Å². The Morgan fingerprint density at radius 3 is 2.58 bits per heavy atom. The van der Waals surface area contributed by atoms with Gasteiger partial charge in [0.05, 0.1) is 11.5 Å². The molecule has 2 aromatic carbocycles. The van der Waals surface area contributed by atoms with Crippen LogP contribution in [0.25, 0.3) is 11.4 Å². The number of carboxylic acids is 1. The van der Waals surface area contributed by atoms with Crippen molar-refractivity contribution in [3.63, 3.8) is 0 Å². The maximum Gasteiger partial charge on any atom is 0.416 e. The maximum absolute atomic E-state index is 13.5. The SMILES string of the molecule is CC(c1ccccc1)c1nc(-c2cc(NCc3ccc(C(=O)O)s3)cc(C(F)(F)F)c2)no1. The van der Waals surface area contributed by atoms with Gasteiger partial charge in [-0.3, -0.25) is 0 Å². The van der Waals surface area contributed by atoms with Crippen molar-refractivity contribution < 1.29 is 27.6 Å². The summed E-state index contributed by atoms with van der Waals surface area (Å²) < 4.78 is 45.9. The van der Waals surface area contributed by atoms with E-state index in [-0.39, 0.29) is 34.4 Å². The molecule has 0 aliphatic carbocycles. The molecular formula is C23H18F3N3O3S. The first-order valence-corrected chi connectivity index (χ1v) is 10.7. The maximum atomic E-state index is 13.5. The molecule has 0 amide bonds. The van der Waals surface area contributed by atoms with E-state index in [2.05, 4.69) is 15.5 Å². The van der Waals surface area contributed by atoms with Crippen LogP contribution >= 0.6 is 11.3 Å². The molecule has 10 heteroatoms. The molecule has 1 unspecified atom stereocenters. The van der Waals surface area contributed by atoms with Crippen molar-refractivity contribution in [2.45, 2.75) is 25.6 Å². The zero-order valence-corrected chi connectivity index (χ0v) is 18.1. The fraction of sp³-hybridized carbons (Fsp3) is 0.174. The molecule has 0 aliphatic rings. The first-order chi connectivity index (χ1) is 15.7. The standard InChI is InChI=1S/C23H18F3N3O3S/c1-13(14-5-3-2-4-6-14)21-28-20(29-32-21)15-9-16(23(24,25)26)11-17(10-15)27-12-18-7-8-19(33-18)22(30)31/h2-11,13,27H,12H2,1H3,(H,30,31). The molecular weight excluding hydrogens is 455 g/mol. The summed E-state index contributed by atoms with van der Waals surface area (Å²) in [6.07, 6.45) is -4.57.